The van der Waals surface area contributed by atoms with E-state index in [2.05, 4.69) is 15.9 Å². The summed E-state index contributed by atoms with van der Waals surface area (Å²) in [6.07, 6.45) is 0. The van der Waals surface area contributed by atoms with Crippen LogP contribution in [-0.2, 0) is 14.8 Å². The molecule has 0 radical (unpaired) electrons. The zero-order valence-corrected chi connectivity index (χ0v) is 11.6. The Bertz CT molecular complexity index is 292. The lowest BCUT2D eigenvalue weighted by molar-refractivity contribution is 0.0412. The van der Waals surface area contributed by atoms with Gasteiger partial charge >= 0.3 is 0 Å². The highest BCUT2D eigenvalue weighted by atomic mass is 79.9. The van der Waals surface area contributed by atoms with Crippen LogP contribution in [0.5, 0.6) is 0 Å². The maximum Gasteiger partial charge on any atom is 0.214 e. The normalized spacial score (nSPS) is 24.7. The van der Waals surface area contributed by atoms with Crippen molar-refractivity contribution in [3.63, 3.8) is 0 Å². The third-order valence-electron chi connectivity index (χ3n) is 2.25. The van der Waals surface area contributed by atoms with E-state index in [0.717, 1.165) is 0 Å². The van der Waals surface area contributed by atoms with E-state index >= 15 is 0 Å². The van der Waals surface area contributed by atoms with E-state index in [-0.39, 0.29) is 17.7 Å². The number of ether oxygens (including phenoxy) is 1. The number of hydrogen-bond donors (Lipinski definition) is 0. The van der Waals surface area contributed by atoms with Gasteiger partial charge in [-0.2, -0.15) is 4.31 Å². The smallest absolute Gasteiger partial charge is 0.214 e. The second-order valence-corrected chi connectivity index (χ2v) is 6.78. The molecule has 0 aliphatic carbocycles. The highest BCUT2D eigenvalue weighted by Gasteiger charge is 2.32. The van der Waals surface area contributed by atoms with E-state index in [0.29, 0.717) is 25.1 Å². The summed E-state index contributed by atoms with van der Waals surface area (Å²) in [7, 11) is -3.12. The van der Waals surface area contributed by atoms with Gasteiger partial charge in [-0.3, -0.25) is 0 Å². The van der Waals surface area contributed by atoms with E-state index in [9.17, 15) is 8.42 Å². The number of rotatable bonds is 4. The predicted molar refractivity (Wildman–Crippen MR) is 63.7 cm³/mol. The summed E-state index contributed by atoms with van der Waals surface area (Å²) >= 11 is 3.32. The molecule has 0 aromatic rings. The van der Waals surface area contributed by atoms with Gasteiger partial charge in [-0.25, -0.2) is 8.42 Å². The van der Waals surface area contributed by atoms with Crippen LogP contribution in [0.2, 0.25) is 0 Å². The Morgan fingerprint density at radius 1 is 1.53 bits per heavy atom. The molecule has 0 aromatic carbocycles. The summed E-state index contributed by atoms with van der Waals surface area (Å²) in [4.78, 5) is 0. The molecule has 0 spiro atoms. The first-order valence-corrected chi connectivity index (χ1v) is 7.83. The van der Waals surface area contributed by atoms with Crippen LogP contribution in [0.3, 0.4) is 0 Å². The van der Waals surface area contributed by atoms with Crippen molar-refractivity contribution in [3.05, 3.63) is 0 Å². The molecule has 15 heavy (non-hydrogen) atoms. The molecule has 4 nitrogen and oxygen atoms in total. The maximum absolute atomic E-state index is 12.0. The summed E-state index contributed by atoms with van der Waals surface area (Å²) in [6, 6.07) is -0.0532. The van der Waals surface area contributed by atoms with Crippen LogP contribution < -0.4 is 0 Å². The second-order valence-electron chi connectivity index (χ2n) is 4.17. The van der Waals surface area contributed by atoms with Crippen molar-refractivity contribution in [2.45, 2.75) is 19.9 Å². The van der Waals surface area contributed by atoms with Crippen LogP contribution in [0.15, 0.2) is 0 Å². The number of halogens is 1. The van der Waals surface area contributed by atoms with Gasteiger partial charge in [-0.1, -0.05) is 29.8 Å². The molecular weight excluding hydrogens is 282 g/mol. The Hall–Kier alpha value is 0.350. The summed E-state index contributed by atoms with van der Waals surface area (Å²) < 4.78 is 30.9. The van der Waals surface area contributed by atoms with Crippen molar-refractivity contribution >= 4 is 26.0 Å². The Kier molecular flexibility index (Phi) is 5.02. The standard InChI is InChI=1S/C9H18BrNO3S/c1-8(2)7-15(12,13)11-3-4-14-6-9(11)5-10/h8-9H,3-7H2,1-2H3. The molecule has 0 N–H and O–H groups in total. The van der Waals surface area contributed by atoms with Gasteiger partial charge in [0.2, 0.25) is 10.0 Å². The zero-order chi connectivity index (χ0) is 11.5. The first-order chi connectivity index (χ1) is 6.97. The molecule has 1 aliphatic rings. The predicted octanol–water partition coefficient (Wildman–Crippen LogP) is 1.07. The van der Waals surface area contributed by atoms with Crippen molar-refractivity contribution in [2.75, 3.05) is 30.8 Å². The molecule has 90 valence electrons. The third kappa shape index (κ3) is 3.69. The van der Waals surface area contributed by atoms with Crippen LogP contribution in [-0.4, -0.2) is 49.6 Å². The molecule has 1 heterocycles. The lowest BCUT2D eigenvalue weighted by Gasteiger charge is -2.33. The van der Waals surface area contributed by atoms with Crippen molar-refractivity contribution in [3.8, 4) is 0 Å². The largest absolute Gasteiger partial charge is 0.378 e. The van der Waals surface area contributed by atoms with Crippen LogP contribution in [0.4, 0.5) is 0 Å². The molecule has 1 rings (SSSR count). The third-order valence-corrected chi connectivity index (χ3v) is 5.28. The van der Waals surface area contributed by atoms with Crippen molar-refractivity contribution in [1.82, 2.24) is 4.31 Å². The molecule has 6 heteroatoms. The molecule has 0 amide bonds. The molecule has 1 atom stereocenters. The number of hydrogen-bond acceptors (Lipinski definition) is 3. The molecular formula is C9H18BrNO3S. The Balaban J connectivity index is 2.74. The topological polar surface area (TPSA) is 46.6 Å². The van der Waals surface area contributed by atoms with Gasteiger partial charge in [-0.05, 0) is 5.92 Å². The Morgan fingerprint density at radius 3 is 2.73 bits per heavy atom. The minimum absolute atomic E-state index is 0.0532. The molecule has 1 aliphatic heterocycles. The van der Waals surface area contributed by atoms with Gasteiger partial charge in [0.1, 0.15) is 0 Å². The Morgan fingerprint density at radius 2 is 2.20 bits per heavy atom. The van der Waals surface area contributed by atoms with E-state index in [1.165, 1.54) is 0 Å². The van der Waals surface area contributed by atoms with Crippen LogP contribution in [0, 0.1) is 5.92 Å². The average Bonchev–Trinajstić information content (AvgIpc) is 2.16. The van der Waals surface area contributed by atoms with Crippen molar-refractivity contribution in [1.29, 1.82) is 0 Å². The summed E-state index contributed by atoms with van der Waals surface area (Å²) in [5.41, 5.74) is 0. The number of morpholine rings is 1. The zero-order valence-electron chi connectivity index (χ0n) is 9.15. The van der Waals surface area contributed by atoms with E-state index in [1.807, 2.05) is 13.8 Å². The van der Waals surface area contributed by atoms with E-state index in [1.54, 1.807) is 4.31 Å². The van der Waals surface area contributed by atoms with Gasteiger partial charge in [0.15, 0.2) is 0 Å². The average molecular weight is 300 g/mol. The van der Waals surface area contributed by atoms with E-state index < -0.39 is 10.0 Å². The van der Waals surface area contributed by atoms with E-state index in [4.69, 9.17) is 4.74 Å². The highest BCUT2D eigenvalue weighted by molar-refractivity contribution is 9.09. The second kappa shape index (κ2) is 5.61. The lowest BCUT2D eigenvalue weighted by atomic mass is 10.3. The quantitative estimate of drug-likeness (QED) is 0.730. The fourth-order valence-corrected chi connectivity index (χ4v) is 4.35. The summed E-state index contributed by atoms with van der Waals surface area (Å²) in [5.74, 6) is 0.380. The minimum Gasteiger partial charge on any atom is -0.378 e. The van der Waals surface area contributed by atoms with Gasteiger partial charge in [0.25, 0.3) is 0 Å². The van der Waals surface area contributed by atoms with Gasteiger partial charge in [0, 0.05) is 11.9 Å². The number of nitrogens with zero attached hydrogens (tertiary/aromatic N) is 1. The molecule has 0 bridgehead atoms. The summed E-state index contributed by atoms with van der Waals surface area (Å²) in [6.45, 7) is 5.30. The summed E-state index contributed by atoms with van der Waals surface area (Å²) in [5, 5.41) is 0.629. The monoisotopic (exact) mass is 299 g/mol. The SMILES string of the molecule is CC(C)CS(=O)(=O)N1CCOCC1CBr. The van der Waals surface area contributed by atoms with Gasteiger partial charge in [-0.15, -0.1) is 0 Å². The van der Waals surface area contributed by atoms with Crippen LogP contribution in [0.25, 0.3) is 0 Å². The first-order valence-electron chi connectivity index (χ1n) is 5.10. The fourth-order valence-electron chi connectivity index (χ4n) is 1.64. The van der Waals surface area contributed by atoms with Crippen LogP contribution in [0.1, 0.15) is 13.8 Å². The molecule has 1 unspecified atom stereocenters. The van der Waals surface area contributed by atoms with Crippen LogP contribution >= 0.6 is 15.9 Å². The molecule has 0 saturated carbocycles. The fraction of sp³-hybridized carbons (Fsp3) is 1.00. The Labute approximate surface area is 100 Å². The molecule has 1 saturated heterocycles. The first kappa shape index (κ1) is 13.4. The lowest BCUT2D eigenvalue weighted by Crippen LogP contribution is -2.50. The number of sulfonamides is 1. The number of alkyl halides is 1. The van der Waals surface area contributed by atoms with Crippen molar-refractivity contribution in [2.24, 2.45) is 5.92 Å². The highest BCUT2D eigenvalue weighted by Crippen LogP contribution is 2.16. The maximum atomic E-state index is 12.0. The van der Waals surface area contributed by atoms with Crippen molar-refractivity contribution < 1.29 is 13.2 Å². The molecule has 1 fully saturated rings. The molecule has 0 aromatic heterocycles. The van der Waals surface area contributed by atoms with Gasteiger partial charge < -0.3 is 4.74 Å². The van der Waals surface area contributed by atoms with Gasteiger partial charge in [0.05, 0.1) is 25.0 Å². The minimum atomic E-state index is -3.12.